The lowest BCUT2D eigenvalue weighted by Gasteiger charge is -2.08. The number of halogens is 2. The van der Waals surface area contributed by atoms with Crippen LogP contribution in [0.25, 0.3) is 28.4 Å². The summed E-state index contributed by atoms with van der Waals surface area (Å²) in [7, 11) is 2.77. The van der Waals surface area contributed by atoms with E-state index in [1.54, 1.807) is 24.3 Å². The zero-order valence-electron chi connectivity index (χ0n) is 15.9. The van der Waals surface area contributed by atoms with E-state index in [0.29, 0.717) is 17.0 Å². The summed E-state index contributed by atoms with van der Waals surface area (Å²) in [4.78, 5) is 15.9. The van der Waals surface area contributed by atoms with Crippen LogP contribution in [0.1, 0.15) is 18.0 Å². The van der Waals surface area contributed by atoms with Crippen LogP contribution in [0, 0.1) is 0 Å². The third-order valence-electron chi connectivity index (χ3n) is 4.33. The number of nitrogens with zero attached hydrogens (tertiary/aromatic N) is 5. The predicted octanol–water partition coefficient (Wildman–Crippen LogP) is 3.11. The molecule has 0 bridgehead atoms. The SMILES string of the molecule is COC(=O)Cc1nnc(-c2cnn3c(C(F)F)cc(-c4ccc(OC)cc4)nc23)o1. The summed E-state index contributed by atoms with van der Waals surface area (Å²) < 4.78 is 43.6. The molecule has 0 aliphatic carbocycles. The van der Waals surface area contributed by atoms with Crippen molar-refractivity contribution >= 4 is 11.6 Å². The molecule has 0 aliphatic heterocycles. The molecule has 4 rings (SSSR count). The van der Waals surface area contributed by atoms with Gasteiger partial charge in [0.2, 0.25) is 5.89 Å². The van der Waals surface area contributed by atoms with Crippen LogP contribution in [0.5, 0.6) is 5.75 Å². The fraction of sp³-hybridized carbons (Fsp3) is 0.211. The van der Waals surface area contributed by atoms with Crippen molar-refractivity contribution in [3.63, 3.8) is 0 Å². The second-order valence-electron chi connectivity index (χ2n) is 6.14. The van der Waals surface area contributed by atoms with Gasteiger partial charge in [0.25, 0.3) is 12.3 Å². The van der Waals surface area contributed by atoms with Crippen LogP contribution in [-0.4, -0.2) is 45.0 Å². The van der Waals surface area contributed by atoms with Gasteiger partial charge in [0.15, 0.2) is 5.65 Å². The molecule has 3 aromatic heterocycles. The van der Waals surface area contributed by atoms with E-state index in [-0.39, 0.29) is 35.1 Å². The Morgan fingerprint density at radius 1 is 1.20 bits per heavy atom. The molecule has 1 aromatic carbocycles. The van der Waals surface area contributed by atoms with Crippen molar-refractivity contribution in [2.45, 2.75) is 12.8 Å². The van der Waals surface area contributed by atoms with E-state index in [9.17, 15) is 13.6 Å². The predicted molar refractivity (Wildman–Crippen MR) is 98.9 cm³/mol. The zero-order valence-corrected chi connectivity index (χ0v) is 15.9. The van der Waals surface area contributed by atoms with E-state index in [1.165, 1.54) is 26.5 Å². The molecule has 0 saturated carbocycles. The highest BCUT2D eigenvalue weighted by Gasteiger charge is 2.22. The molecule has 0 atom stereocenters. The third kappa shape index (κ3) is 3.56. The van der Waals surface area contributed by atoms with Crippen molar-refractivity contribution in [3.05, 3.63) is 48.1 Å². The number of fused-ring (bicyclic) bond motifs is 1. The number of benzene rings is 1. The van der Waals surface area contributed by atoms with Crippen LogP contribution in [0.15, 0.2) is 40.9 Å². The molecule has 0 radical (unpaired) electrons. The van der Waals surface area contributed by atoms with Gasteiger partial charge in [-0.05, 0) is 30.3 Å². The van der Waals surface area contributed by atoms with E-state index in [4.69, 9.17) is 9.15 Å². The van der Waals surface area contributed by atoms with E-state index < -0.39 is 12.4 Å². The standard InChI is InChI=1S/C19H15F2N5O4/c1-28-11-5-3-10(4-6-11)13-7-14(17(20)21)26-18(23-13)12(9-22-26)19-25-24-15(30-19)8-16(27)29-2/h3-7,9,17H,8H2,1-2H3. The summed E-state index contributed by atoms with van der Waals surface area (Å²) >= 11 is 0. The highest BCUT2D eigenvalue weighted by Crippen LogP contribution is 2.30. The van der Waals surface area contributed by atoms with Gasteiger partial charge in [-0.3, -0.25) is 4.79 Å². The van der Waals surface area contributed by atoms with Crippen LogP contribution in [0.2, 0.25) is 0 Å². The van der Waals surface area contributed by atoms with Gasteiger partial charge >= 0.3 is 5.97 Å². The number of ether oxygens (including phenoxy) is 2. The van der Waals surface area contributed by atoms with Crippen LogP contribution < -0.4 is 4.74 Å². The summed E-state index contributed by atoms with van der Waals surface area (Å²) in [5.74, 6) is 0.105. The van der Waals surface area contributed by atoms with Gasteiger partial charge < -0.3 is 13.9 Å². The van der Waals surface area contributed by atoms with Gasteiger partial charge in [0.1, 0.15) is 23.4 Å². The van der Waals surface area contributed by atoms with Crippen molar-refractivity contribution in [2.75, 3.05) is 14.2 Å². The lowest BCUT2D eigenvalue weighted by atomic mass is 10.1. The second kappa shape index (κ2) is 7.85. The molecular formula is C19H15F2N5O4. The summed E-state index contributed by atoms with van der Waals surface area (Å²) in [6.07, 6.45) is -1.70. The molecule has 11 heteroatoms. The average molecular weight is 415 g/mol. The number of esters is 1. The van der Waals surface area contributed by atoms with Crippen molar-refractivity contribution in [1.29, 1.82) is 0 Å². The van der Waals surface area contributed by atoms with Gasteiger partial charge in [-0.2, -0.15) is 5.10 Å². The molecule has 0 aliphatic rings. The molecule has 0 saturated heterocycles. The maximum atomic E-state index is 13.7. The van der Waals surface area contributed by atoms with Crippen molar-refractivity contribution in [1.82, 2.24) is 24.8 Å². The fourth-order valence-corrected chi connectivity index (χ4v) is 2.83. The highest BCUT2D eigenvalue weighted by molar-refractivity contribution is 5.75. The lowest BCUT2D eigenvalue weighted by molar-refractivity contribution is -0.140. The Hall–Kier alpha value is -3.89. The van der Waals surface area contributed by atoms with Crippen LogP contribution in [0.4, 0.5) is 8.78 Å². The third-order valence-corrected chi connectivity index (χ3v) is 4.33. The molecule has 30 heavy (non-hydrogen) atoms. The quantitative estimate of drug-likeness (QED) is 0.443. The van der Waals surface area contributed by atoms with Crippen LogP contribution in [0.3, 0.4) is 0 Å². The molecule has 0 N–H and O–H groups in total. The average Bonchev–Trinajstić information content (AvgIpc) is 3.39. The lowest BCUT2D eigenvalue weighted by Crippen LogP contribution is -2.04. The first-order chi connectivity index (χ1) is 14.5. The Morgan fingerprint density at radius 3 is 2.63 bits per heavy atom. The molecule has 9 nitrogen and oxygen atoms in total. The number of carbonyl (C=O) groups excluding carboxylic acids is 1. The molecular weight excluding hydrogens is 400 g/mol. The van der Waals surface area contributed by atoms with E-state index in [1.807, 2.05) is 0 Å². The largest absolute Gasteiger partial charge is 0.497 e. The first-order valence-corrected chi connectivity index (χ1v) is 8.71. The number of methoxy groups -OCH3 is 2. The van der Waals surface area contributed by atoms with Crippen molar-refractivity contribution in [2.24, 2.45) is 0 Å². The van der Waals surface area contributed by atoms with Gasteiger partial charge in [-0.1, -0.05) is 0 Å². The Kier molecular flexibility index (Phi) is 5.09. The molecule has 0 unspecified atom stereocenters. The summed E-state index contributed by atoms with van der Waals surface area (Å²) in [6.45, 7) is 0. The minimum Gasteiger partial charge on any atom is -0.497 e. The number of alkyl halides is 2. The minimum absolute atomic E-state index is 0.00324. The number of rotatable bonds is 6. The number of hydrogen-bond donors (Lipinski definition) is 0. The normalized spacial score (nSPS) is 11.2. The Balaban J connectivity index is 1.82. The van der Waals surface area contributed by atoms with E-state index in [0.717, 1.165) is 4.52 Å². The number of carbonyl (C=O) groups is 1. The Morgan fingerprint density at radius 2 is 1.97 bits per heavy atom. The zero-order chi connectivity index (χ0) is 21.3. The highest BCUT2D eigenvalue weighted by atomic mass is 19.3. The summed E-state index contributed by atoms with van der Waals surface area (Å²) in [5, 5.41) is 11.7. The second-order valence-corrected chi connectivity index (χ2v) is 6.14. The van der Waals surface area contributed by atoms with Gasteiger partial charge in [-0.25, -0.2) is 18.3 Å². The number of hydrogen-bond acceptors (Lipinski definition) is 8. The molecule has 0 spiro atoms. The first kappa shape index (κ1) is 19.4. The maximum absolute atomic E-state index is 13.7. The van der Waals surface area contributed by atoms with Gasteiger partial charge in [0, 0.05) is 5.56 Å². The van der Waals surface area contributed by atoms with Crippen molar-refractivity contribution < 1.29 is 27.5 Å². The van der Waals surface area contributed by atoms with Gasteiger partial charge in [0.05, 0.1) is 26.1 Å². The topological polar surface area (TPSA) is 105 Å². The molecule has 3 heterocycles. The molecule has 0 amide bonds. The molecule has 4 aromatic rings. The minimum atomic E-state index is -2.79. The monoisotopic (exact) mass is 415 g/mol. The Labute approximate surface area is 168 Å². The summed E-state index contributed by atoms with van der Waals surface area (Å²) in [6, 6.07) is 8.11. The fourth-order valence-electron chi connectivity index (χ4n) is 2.83. The molecule has 0 fully saturated rings. The first-order valence-electron chi connectivity index (χ1n) is 8.71. The summed E-state index contributed by atoms with van der Waals surface area (Å²) in [5.41, 5.74) is 0.967. The smallest absolute Gasteiger partial charge is 0.315 e. The number of aromatic nitrogens is 5. The van der Waals surface area contributed by atoms with Crippen LogP contribution >= 0.6 is 0 Å². The van der Waals surface area contributed by atoms with Crippen LogP contribution in [-0.2, 0) is 16.0 Å². The molecule has 154 valence electrons. The van der Waals surface area contributed by atoms with Gasteiger partial charge in [-0.15, -0.1) is 10.2 Å². The van der Waals surface area contributed by atoms with Crippen molar-refractivity contribution in [3.8, 4) is 28.5 Å². The Bertz CT molecular complexity index is 1200. The van der Waals surface area contributed by atoms with E-state index in [2.05, 4.69) is 25.0 Å². The maximum Gasteiger partial charge on any atom is 0.315 e. The van der Waals surface area contributed by atoms with E-state index >= 15 is 0 Å².